The Morgan fingerprint density at radius 2 is 2.16 bits per heavy atom. The summed E-state index contributed by atoms with van der Waals surface area (Å²) in [6.07, 6.45) is 6.38. The first-order valence-electron chi connectivity index (χ1n) is 6.14. The quantitative estimate of drug-likeness (QED) is 0.793. The van der Waals surface area contributed by atoms with Gasteiger partial charge in [0.05, 0.1) is 6.26 Å². The maximum absolute atomic E-state index is 12.1. The number of carbonyl (C=O) groups is 1. The maximum atomic E-state index is 12.1. The topological polar surface area (TPSA) is 47.5 Å². The highest BCUT2D eigenvalue weighted by atomic mass is 16.3. The fraction of sp³-hybridized carbons (Fsp3) is 0.200. The van der Waals surface area contributed by atoms with E-state index in [1.54, 1.807) is 36.7 Å². The molecule has 0 aliphatic rings. The van der Waals surface area contributed by atoms with Gasteiger partial charge in [-0.3, -0.25) is 14.4 Å². The van der Waals surface area contributed by atoms with Crippen molar-refractivity contribution in [1.29, 1.82) is 0 Å². The van der Waals surface area contributed by atoms with Crippen molar-refractivity contribution in [1.82, 2.24) is 4.57 Å². The minimum atomic E-state index is -0.156. The van der Waals surface area contributed by atoms with Crippen molar-refractivity contribution in [2.24, 2.45) is 4.99 Å². The van der Waals surface area contributed by atoms with Gasteiger partial charge in [-0.2, -0.15) is 0 Å². The summed E-state index contributed by atoms with van der Waals surface area (Å²) in [5, 5.41) is 0. The highest BCUT2D eigenvalue weighted by Crippen LogP contribution is 2.02. The van der Waals surface area contributed by atoms with Crippen LogP contribution in [-0.2, 0) is 0 Å². The molecule has 0 aliphatic heterocycles. The molecular formula is C15H16N2O2. The number of pyridine rings is 1. The van der Waals surface area contributed by atoms with Crippen LogP contribution in [0.15, 0.2) is 58.3 Å². The van der Waals surface area contributed by atoms with Crippen LogP contribution in [0.2, 0.25) is 0 Å². The second-order valence-electron chi connectivity index (χ2n) is 4.34. The zero-order valence-electron chi connectivity index (χ0n) is 11.0. The third-order valence-corrected chi connectivity index (χ3v) is 2.40. The molecule has 0 unspecified atom stereocenters. The van der Waals surface area contributed by atoms with Crippen molar-refractivity contribution in [3.8, 4) is 0 Å². The number of allylic oxidation sites excluding steroid dienone is 1. The van der Waals surface area contributed by atoms with E-state index in [1.807, 2.05) is 26.0 Å². The summed E-state index contributed by atoms with van der Waals surface area (Å²) >= 11 is 0. The summed E-state index contributed by atoms with van der Waals surface area (Å²) in [5.41, 5.74) is 0.645. The molecule has 0 aliphatic carbocycles. The Hall–Kier alpha value is -2.36. The summed E-state index contributed by atoms with van der Waals surface area (Å²) in [7, 11) is 0. The Bertz CT molecular complexity index is 634. The molecule has 0 bridgehead atoms. The molecule has 0 radical (unpaired) electrons. The average molecular weight is 256 g/mol. The zero-order chi connectivity index (χ0) is 13.7. The van der Waals surface area contributed by atoms with E-state index in [0.29, 0.717) is 11.2 Å². The molecule has 4 heteroatoms. The third-order valence-electron chi connectivity index (χ3n) is 2.40. The Kier molecular flexibility index (Phi) is 4.13. The summed E-state index contributed by atoms with van der Waals surface area (Å²) in [6.45, 7) is 3.95. The Morgan fingerprint density at radius 3 is 2.84 bits per heavy atom. The van der Waals surface area contributed by atoms with Crippen molar-refractivity contribution in [2.45, 2.75) is 19.9 Å². The van der Waals surface area contributed by atoms with Gasteiger partial charge in [-0.25, -0.2) is 0 Å². The number of carbonyl (C=O) groups excluding carboxylic acids is 1. The van der Waals surface area contributed by atoms with Crippen LogP contribution in [0.1, 0.15) is 24.4 Å². The normalized spacial score (nSPS) is 12.5. The van der Waals surface area contributed by atoms with Crippen LogP contribution in [0.4, 0.5) is 0 Å². The van der Waals surface area contributed by atoms with Gasteiger partial charge in [-0.1, -0.05) is 6.07 Å². The minimum absolute atomic E-state index is 0.135. The molecular weight excluding hydrogens is 240 g/mol. The first-order chi connectivity index (χ1) is 9.16. The molecule has 2 aromatic heterocycles. The lowest BCUT2D eigenvalue weighted by atomic mass is 10.3. The molecule has 0 aromatic carbocycles. The highest BCUT2D eigenvalue weighted by Gasteiger charge is 2.01. The Labute approximate surface area is 111 Å². The van der Waals surface area contributed by atoms with Gasteiger partial charge in [-0.05, 0) is 44.2 Å². The van der Waals surface area contributed by atoms with Crippen LogP contribution in [0.25, 0.3) is 6.08 Å². The van der Waals surface area contributed by atoms with Gasteiger partial charge in [0.15, 0.2) is 0 Å². The summed E-state index contributed by atoms with van der Waals surface area (Å²) < 4.78 is 6.66. The maximum Gasteiger partial charge on any atom is 0.256 e. The fourth-order valence-corrected chi connectivity index (χ4v) is 1.61. The number of nitrogens with zero attached hydrogens (tertiary/aromatic N) is 2. The van der Waals surface area contributed by atoms with Gasteiger partial charge in [0.25, 0.3) is 5.91 Å². The first kappa shape index (κ1) is 13.1. The lowest BCUT2D eigenvalue weighted by molar-refractivity contribution is 0.0964. The summed E-state index contributed by atoms with van der Waals surface area (Å²) in [6, 6.07) is 9.19. The predicted molar refractivity (Wildman–Crippen MR) is 73.5 cm³/mol. The molecule has 0 amide bonds. The number of aromatic nitrogens is 1. The smallest absolute Gasteiger partial charge is 0.256 e. The van der Waals surface area contributed by atoms with Crippen molar-refractivity contribution in [3.05, 3.63) is 60.1 Å². The van der Waals surface area contributed by atoms with Gasteiger partial charge >= 0.3 is 0 Å². The molecule has 0 spiro atoms. The van der Waals surface area contributed by atoms with Gasteiger partial charge < -0.3 is 4.42 Å². The van der Waals surface area contributed by atoms with E-state index in [2.05, 4.69) is 4.99 Å². The van der Waals surface area contributed by atoms with Crippen LogP contribution in [0, 0.1) is 0 Å². The van der Waals surface area contributed by atoms with Crippen LogP contribution in [0.5, 0.6) is 0 Å². The van der Waals surface area contributed by atoms with Gasteiger partial charge in [0, 0.05) is 18.3 Å². The second-order valence-corrected chi connectivity index (χ2v) is 4.34. The lowest BCUT2D eigenvalue weighted by Gasteiger charge is -2.03. The minimum Gasteiger partial charge on any atom is -0.465 e. The van der Waals surface area contributed by atoms with Crippen LogP contribution in [0.3, 0.4) is 0 Å². The molecule has 2 aromatic rings. The molecule has 0 atom stereocenters. The monoisotopic (exact) mass is 256 g/mol. The largest absolute Gasteiger partial charge is 0.465 e. The summed E-state index contributed by atoms with van der Waals surface area (Å²) in [4.78, 5) is 16.5. The molecule has 0 N–H and O–H groups in total. The van der Waals surface area contributed by atoms with Crippen LogP contribution in [-0.4, -0.2) is 16.5 Å². The van der Waals surface area contributed by atoms with Gasteiger partial charge in [-0.15, -0.1) is 0 Å². The van der Waals surface area contributed by atoms with Gasteiger partial charge in [0.1, 0.15) is 11.2 Å². The average Bonchev–Trinajstić information content (AvgIpc) is 2.89. The van der Waals surface area contributed by atoms with Crippen molar-refractivity contribution < 1.29 is 9.21 Å². The standard InChI is InChI=1S/C15H16N2O2/c1-12(2)16-14-7-3-4-10-17(14)15(18)9-8-13-6-5-11-19-13/h3-12H,1-2H3. The number of hydrogen-bond donors (Lipinski definition) is 0. The second kappa shape index (κ2) is 6.00. The third kappa shape index (κ3) is 3.55. The number of rotatable bonds is 3. The van der Waals surface area contributed by atoms with E-state index in [-0.39, 0.29) is 11.9 Å². The molecule has 4 nitrogen and oxygen atoms in total. The van der Waals surface area contributed by atoms with E-state index in [9.17, 15) is 4.79 Å². The van der Waals surface area contributed by atoms with E-state index in [0.717, 1.165) is 0 Å². The predicted octanol–water partition coefficient (Wildman–Crippen LogP) is 2.74. The van der Waals surface area contributed by atoms with Gasteiger partial charge in [0.2, 0.25) is 0 Å². The molecule has 2 rings (SSSR count). The van der Waals surface area contributed by atoms with Crippen molar-refractivity contribution in [2.75, 3.05) is 0 Å². The molecule has 0 fully saturated rings. The zero-order valence-corrected chi connectivity index (χ0v) is 11.0. The first-order valence-corrected chi connectivity index (χ1v) is 6.14. The van der Waals surface area contributed by atoms with E-state index in [1.165, 1.54) is 10.6 Å². The van der Waals surface area contributed by atoms with E-state index >= 15 is 0 Å². The fourth-order valence-electron chi connectivity index (χ4n) is 1.61. The molecule has 0 saturated heterocycles. The van der Waals surface area contributed by atoms with E-state index < -0.39 is 0 Å². The lowest BCUT2D eigenvalue weighted by Crippen LogP contribution is -2.26. The molecule has 98 valence electrons. The highest BCUT2D eigenvalue weighted by molar-refractivity contribution is 5.93. The molecule has 2 heterocycles. The molecule has 0 saturated carbocycles. The number of hydrogen-bond acceptors (Lipinski definition) is 3. The molecule has 19 heavy (non-hydrogen) atoms. The SMILES string of the molecule is CC(C)N=c1ccccn1C(=O)C=Cc1ccco1. The Morgan fingerprint density at radius 1 is 1.32 bits per heavy atom. The van der Waals surface area contributed by atoms with E-state index in [4.69, 9.17) is 4.42 Å². The summed E-state index contributed by atoms with van der Waals surface area (Å²) in [5.74, 6) is 0.489. The van der Waals surface area contributed by atoms with Crippen molar-refractivity contribution in [3.63, 3.8) is 0 Å². The Balaban J connectivity index is 2.29. The van der Waals surface area contributed by atoms with Crippen molar-refractivity contribution >= 4 is 12.0 Å². The van der Waals surface area contributed by atoms with Crippen LogP contribution >= 0.6 is 0 Å². The van der Waals surface area contributed by atoms with Crippen LogP contribution < -0.4 is 5.49 Å². The number of furan rings is 1.